The van der Waals surface area contributed by atoms with Crippen molar-refractivity contribution in [1.82, 2.24) is 5.32 Å². The van der Waals surface area contributed by atoms with Crippen LogP contribution in [-0.4, -0.2) is 32.7 Å². The zero-order chi connectivity index (χ0) is 17.1. The van der Waals surface area contributed by atoms with Crippen molar-refractivity contribution in [3.63, 3.8) is 0 Å². The van der Waals surface area contributed by atoms with Crippen LogP contribution in [0.4, 0.5) is 10.1 Å². The van der Waals surface area contributed by atoms with Crippen LogP contribution in [0.2, 0.25) is 0 Å². The van der Waals surface area contributed by atoms with Crippen LogP contribution in [0.5, 0.6) is 0 Å². The number of para-hydroxylation sites is 1. The van der Waals surface area contributed by atoms with Crippen LogP contribution in [0.3, 0.4) is 0 Å². The number of halogens is 1. The molecule has 0 aromatic heterocycles. The minimum absolute atomic E-state index is 0.114. The first-order valence-electron chi connectivity index (χ1n) is 7.10. The molecule has 124 valence electrons. The van der Waals surface area contributed by atoms with Crippen LogP contribution in [-0.2, 0) is 14.8 Å². The van der Waals surface area contributed by atoms with E-state index in [1.54, 1.807) is 0 Å². The molecule has 1 rings (SSSR count). The second-order valence-electron chi connectivity index (χ2n) is 5.73. The van der Waals surface area contributed by atoms with Gasteiger partial charge in [0.1, 0.15) is 11.9 Å². The summed E-state index contributed by atoms with van der Waals surface area (Å²) in [4.78, 5) is 12.3. The third kappa shape index (κ3) is 4.43. The van der Waals surface area contributed by atoms with Crippen LogP contribution in [0, 0.1) is 11.7 Å². The molecule has 0 saturated carbocycles. The molecule has 2 unspecified atom stereocenters. The molecule has 1 aromatic carbocycles. The van der Waals surface area contributed by atoms with Gasteiger partial charge in [-0.1, -0.05) is 26.0 Å². The molecule has 0 heterocycles. The molecule has 0 fully saturated rings. The van der Waals surface area contributed by atoms with Crippen molar-refractivity contribution in [3.05, 3.63) is 30.1 Å². The first-order chi connectivity index (χ1) is 10.1. The SMILES string of the molecule is CC(C)C(C)NC(=O)C(C)N(c1ccccc1F)S(C)(=O)=O. The summed E-state index contributed by atoms with van der Waals surface area (Å²) in [6, 6.07) is 4.33. The Labute approximate surface area is 131 Å². The lowest BCUT2D eigenvalue weighted by molar-refractivity contribution is -0.122. The number of benzene rings is 1. The lowest BCUT2D eigenvalue weighted by Gasteiger charge is -2.30. The third-order valence-electron chi connectivity index (χ3n) is 3.55. The summed E-state index contributed by atoms with van der Waals surface area (Å²) in [6.07, 6.45) is 0.953. The van der Waals surface area contributed by atoms with E-state index in [1.165, 1.54) is 25.1 Å². The molecular formula is C15H23FN2O3S. The molecule has 7 heteroatoms. The fourth-order valence-electron chi connectivity index (χ4n) is 1.92. The molecular weight excluding hydrogens is 307 g/mol. The van der Waals surface area contributed by atoms with Gasteiger partial charge in [-0.15, -0.1) is 0 Å². The Morgan fingerprint density at radius 1 is 1.18 bits per heavy atom. The standard InChI is InChI=1S/C15H23FN2O3S/c1-10(2)11(3)17-15(19)12(4)18(22(5,20)21)14-9-7-6-8-13(14)16/h6-12H,1-5H3,(H,17,19). The first-order valence-corrected chi connectivity index (χ1v) is 8.94. The molecule has 0 radical (unpaired) electrons. The monoisotopic (exact) mass is 330 g/mol. The lowest BCUT2D eigenvalue weighted by atomic mass is 10.1. The van der Waals surface area contributed by atoms with Crippen molar-refractivity contribution >= 4 is 21.6 Å². The Morgan fingerprint density at radius 3 is 2.18 bits per heavy atom. The van der Waals surface area contributed by atoms with Gasteiger partial charge >= 0.3 is 0 Å². The van der Waals surface area contributed by atoms with Gasteiger partial charge in [-0.3, -0.25) is 9.10 Å². The van der Waals surface area contributed by atoms with Gasteiger partial charge in [-0.05, 0) is 31.9 Å². The van der Waals surface area contributed by atoms with Crippen molar-refractivity contribution in [2.24, 2.45) is 5.92 Å². The van der Waals surface area contributed by atoms with E-state index in [0.29, 0.717) is 0 Å². The highest BCUT2D eigenvalue weighted by molar-refractivity contribution is 7.92. The van der Waals surface area contributed by atoms with Crippen molar-refractivity contribution < 1.29 is 17.6 Å². The van der Waals surface area contributed by atoms with E-state index >= 15 is 0 Å². The second kappa shape index (κ2) is 7.09. The number of anilines is 1. The Morgan fingerprint density at radius 2 is 1.73 bits per heavy atom. The van der Waals surface area contributed by atoms with E-state index in [1.807, 2.05) is 20.8 Å². The Hall–Kier alpha value is -1.63. The average Bonchev–Trinajstić information content (AvgIpc) is 2.39. The third-order valence-corrected chi connectivity index (χ3v) is 4.78. The fourth-order valence-corrected chi connectivity index (χ4v) is 3.10. The largest absolute Gasteiger partial charge is 0.352 e. The van der Waals surface area contributed by atoms with E-state index in [-0.39, 0.29) is 17.6 Å². The number of nitrogens with one attached hydrogen (secondary N) is 1. The van der Waals surface area contributed by atoms with Crippen molar-refractivity contribution in [2.45, 2.75) is 39.8 Å². The van der Waals surface area contributed by atoms with Gasteiger partial charge in [0, 0.05) is 6.04 Å². The summed E-state index contributed by atoms with van der Waals surface area (Å²) in [7, 11) is -3.81. The summed E-state index contributed by atoms with van der Waals surface area (Å²) < 4.78 is 38.8. The summed E-state index contributed by atoms with van der Waals surface area (Å²) >= 11 is 0. The molecule has 0 aliphatic heterocycles. The smallest absolute Gasteiger partial charge is 0.243 e. The van der Waals surface area contributed by atoms with E-state index in [2.05, 4.69) is 5.32 Å². The van der Waals surface area contributed by atoms with Crippen LogP contribution in [0.25, 0.3) is 0 Å². The number of rotatable bonds is 6. The van der Waals surface area contributed by atoms with E-state index < -0.39 is 27.8 Å². The maximum Gasteiger partial charge on any atom is 0.243 e. The topological polar surface area (TPSA) is 66.5 Å². The molecule has 5 nitrogen and oxygen atoms in total. The van der Waals surface area contributed by atoms with Crippen molar-refractivity contribution in [3.8, 4) is 0 Å². The van der Waals surface area contributed by atoms with Gasteiger partial charge in [0.25, 0.3) is 0 Å². The van der Waals surface area contributed by atoms with Crippen LogP contribution in [0.1, 0.15) is 27.7 Å². The number of nitrogens with zero attached hydrogens (tertiary/aromatic N) is 1. The number of carbonyl (C=O) groups is 1. The summed E-state index contributed by atoms with van der Waals surface area (Å²) in [6.45, 7) is 7.17. The molecule has 2 atom stereocenters. The average molecular weight is 330 g/mol. The maximum absolute atomic E-state index is 13.9. The molecule has 1 amide bonds. The molecule has 0 saturated heterocycles. The molecule has 0 bridgehead atoms. The highest BCUT2D eigenvalue weighted by atomic mass is 32.2. The lowest BCUT2D eigenvalue weighted by Crippen LogP contribution is -2.51. The van der Waals surface area contributed by atoms with Crippen LogP contribution >= 0.6 is 0 Å². The number of carbonyl (C=O) groups excluding carboxylic acids is 1. The van der Waals surface area contributed by atoms with Crippen molar-refractivity contribution in [2.75, 3.05) is 10.6 Å². The molecule has 0 aliphatic rings. The van der Waals surface area contributed by atoms with E-state index in [4.69, 9.17) is 0 Å². The number of amides is 1. The van der Waals surface area contributed by atoms with Gasteiger partial charge in [-0.25, -0.2) is 12.8 Å². The van der Waals surface area contributed by atoms with Crippen LogP contribution < -0.4 is 9.62 Å². The van der Waals surface area contributed by atoms with Gasteiger partial charge in [0.2, 0.25) is 15.9 Å². The zero-order valence-corrected chi connectivity index (χ0v) is 14.3. The molecule has 22 heavy (non-hydrogen) atoms. The molecule has 0 spiro atoms. The van der Waals surface area contributed by atoms with Gasteiger partial charge in [0.15, 0.2) is 0 Å². The normalized spacial score (nSPS) is 14.5. The minimum Gasteiger partial charge on any atom is -0.352 e. The van der Waals surface area contributed by atoms with Gasteiger partial charge < -0.3 is 5.32 Å². The Balaban J connectivity index is 3.14. The van der Waals surface area contributed by atoms with E-state index in [9.17, 15) is 17.6 Å². The quantitative estimate of drug-likeness (QED) is 0.869. The number of hydrogen-bond donors (Lipinski definition) is 1. The first kappa shape index (κ1) is 18.4. The molecule has 1 aromatic rings. The highest BCUT2D eigenvalue weighted by Gasteiger charge is 2.31. The second-order valence-corrected chi connectivity index (χ2v) is 7.59. The highest BCUT2D eigenvalue weighted by Crippen LogP contribution is 2.24. The predicted molar refractivity (Wildman–Crippen MR) is 85.6 cm³/mol. The molecule has 1 N–H and O–H groups in total. The van der Waals surface area contributed by atoms with E-state index in [0.717, 1.165) is 16.6 Å². The summed E-state index contributed by atoms with van der Waals surface area (Å²) in [5.74, 6) is -0.948. The molecule has 0 aliphatic carbocycles. The number of hydrogen-bond acceptors (Lipinski definition) is 3. The predicted octanol–water partition coefficient (Wildman–Crippen LogP) is 2.14. The van der Waals surface area contributed by atoms with Gasteiger partial charge in [0.05, 0.1) is 11.9 Å². The minimum atomic E-state index is -3.81. The van der Waals surface area contributed by atoms with Crippen LogP contribution in [0.15, 0.2) is 24.3 Å². The summed E-state index contributed by atoms with van der Waals surface area (Å²) in [5, 5.41) is 2.75. The zero-order valence-electron chi connectivity index (χ0n) is 13.5. The summed E-state index contributed by atoms with van der Waals surface area (Å²) in [5.41, 5.74) is -0.134. The van der Waals surface area contributed by atoms with Crippen molar-refractivity contribution in [1.29, 1.82) is 0 Å². The Bertz CT molecular complexity index is 631. The maximum atomic E-state index is 13.9. The number of sulfonamides is 1. The fraction of sp³-hybridized carbons (Fsp3) is 0.533. The van der Waals surface area contributed by atoms with Gasteiger partial charge in [-0.2, -0.15) is 0 Å². The Kier molecular flexibility index (Phi) is 5.93.